The van der Waals surface area contributed by atoms with E-state index in [1.165, 1.54) is 11.1 Å². The molecule has 18 heavy (non-hydrogen) atoms. The molecule has 2 rings (SSSR count). The zero-order chi connectivity index (χ0) is 12.8. The summed E-state index contributed by atoms with van der Waals surface area (Å²) in [6.45, 7) is 5.57. The number of hydrogen-bond donors (Lipinski definition) is 1. The smallest absolute Gasteiger partial charge is 0.0698 e. The summed E-state index contributed by atoms with van der Waals surface area (Å²) in [4.78, 5) is 2.50. The van der Waals surface area contributed by atoms with Crippen molar-refractivity contribution < 1.29 is 9.84 Å². The molecule has 0 radical (unpaired) electrons. The molecule has 1 unspecified atom stereocenters. The van der Waals surface area contributed by atoms with Crippen molar-refractivity contribution in [1.82, 2.24) is 4.90 Å². The molecule has 0 fully saturated rings. The predicted molar refractivity (Wildman–Crippen MR) is 72.7 cm³/mol. The second-order valence-electron chi connectivity index (χ2n) is 4.74. The van der Waals surface area contributed by atoms with Crippen LogP contribution in [0.2, 0.25) is 0 Å². The fourth-order valence-electron chi connectivity index (χ4n) is 2.80. The largest absolute Gasteiger partial charge is 0.394 e. The molecule has 1 aromatic carbocycles. The van der Waals surface area contributed by atoms with Crippen molar-refractivity contribution in [2.45, 2.75) is 25.8 Å². The van der Waals surface area contributed by atoms with Crippen molar-refractivity contribution >= 4 is 0 Å². The Balaban J connectivity index is 1.97. The minimum atomic E-state index is 0.111. The highest BCUT2D eigenvalue weighted by atomic mass is 16.5. The van der Waals surface area contributed by atoms with Crippen LogP contribution in [-0.4, -0.2) is 42.9 Å². The van der Waals surface area contributed by atoms with E-state index >= 15 is 0 Å². The average Bonchev–Trinajstić information content (AvgIpc) is 2.43. The van der Waals surface area contributed by atoms with Crippen LogP contribution < -0.4 is 0 Å². The standard InChI is InChI=1S/C15H23NO2/c1-2-15-14-6-4-3-5-13(14)7-8-16(15)9-11-18-12-10-17/h3-6,15,17H,2,7-12H2,1H3. The molecule has 0 spiro atoms. The third-order valence-corrected chi connectivity index (χ3v) is 3.67. The van der Waals surface area contributed by atoms with Crippen molar-refractivity contribution in [3.63, 3.8) is 0 Å². The number of aliphatic hydroxyl groups is 1. The minimum absolute atomic E-state index is 0.111. The molecule has 3 nitrogen and oxygen atoms in total. The maximum absolute atomic E-state index is 8.69. The van der Waals surface area contributed by atoms with Gasteiger partial charge in [0, 0.05) is 19.1 Å². The first-order valence-electron chi connectivity index (χ1n) is 6.87. The molecule has 1 heterocycles. The van der Waals surface area contributed by atoms with Gasteiger partial charge in [-0.2, -0.15) is 0 Å². The lowest BCUT2D eigenvalue weighted by Crippen LogP contribution is -2.37. The van der Waals surface area contributed by atoms with Gasteiger partial charge in [0.25, 0.3) is 0 Å². The first-order valence-corrected chi connectivity index (χ1v) is 6.87. The molecular formula is C15H23NO2. The number of nitrogens with zero attached hydrogens (tertiary/aromatic N) is 1. The van der Waals surface area contributed by atoms with Crippen molar-refractivity contribution in [2.24, 2.45) is 0 Å². The highest BCUT2D eigenvalue weighted by Gasteiger charge is 2.24. The molecule has 1 atom stereocenters. The quantitative estimate of drug-likeness (QED) is 0.783. The van der Waals surface area contributed by atoms with E-state index in [0.717, 1.165) is 25.9 Å². The topological polar surface area (TPSA) is 32.7 Å². The van der Waals surface area contributed by atoms with Crippen LogP contribution in [0.3, 0.4) is 0 Å². The highest BCUT2D eigenvalue weighted by Crippen LogP contribution is 2.31. The summed E-state index contributed by atoms with van der Waals surface area (Å²) in [5.74, 6) is 0. The Kier molecular flexibility index (Phi) is 5.17. The van der Waals surface area contributed by atoms with Crippen LogP contribution in [0.5, 0.6) is 0 Å². The summed E-state index contributed by atoms with van der Waals surface area (Å²) in [7, 11) is 0. The van der Waals surface area contributed by atoms with Gasteiger partial charge < -0.3 is 9.84 Å². The van der Waals surface area contributed by atoms with Gasteiger partial charge in [-0.3, -0.25) is 4.90 Å². The van der Waals surface area contributed by atoms with Crippen LogP contribution in [-0.2, 0) is 11.2 Å². The van der Waals surface area contributed by atoms with Crippen LogP contribution >= 0.6 is 0 Å². The molecule has 0 saturated heterocycles. The molecule has 1 aromatic rings. The first-order chi connectivity index (χ1) is 8.86. The number of fused-ring (bicyclic) bond motifs is 1. The lowest BCUT2D eigenvalue weighted by Gasteiger charge is -2.36. The zero-order valence-corrected chi connectivity index (χ0v) is 11.1. The van der Waals surface area contributed by atoms with E-state index in [0.29, 0.717) is 19.3 Å². The average molecular weight is 249 g/mol. The molecule has 0 saturated carbocycles. The number of ether oxygens (including phenoxy) is 1. The Morgan fingerprint density at radius 3 is 2.94 bits per heavy atom. The number of hydrogen-bond acceptors (Lipinski definition) is 3. The molecule has 1 N–H and O–H groups in total. The maximum Gasteiger partial charge on any atom is 0.0698 e. The summed E-state index contributed by atoms with van der Waals surface area (Å²) < 4.78 is 5.37. The van der Waals surface area contributed by atoms with Gasteiger partial charge in [0.05, 0.1) is 19.8 Å². The zero-order valence-electron chi connectivity index (χ0n) is 11.1. The fraction of sp³-hybridized carbons (Fsp3) is 0.600. The van der Waals surface area contributed by atoms with E-state index in [4.69, 9.17) is 9.84 Å². The van der Waals surface area contributed by atoms with Crippen molar-refractivity contribution in [2.75, 3.05) is 32.9 Å². The van der Waals surface area contributed by atoms with Gasteiger partial charge in [-0.15, -0.1) is 0 Å². The Labute approximate surface area is 109 Å². The second-order valence-corrected chi connectivity index (χ2v) is 4.74. The number of benzene rings is 1. The molecule has 0 amide bonds. The van der Waals surface area contributed by atoms with Crippen LogP contribution in [0.25, 0.3) is 0 Å². The maximum atomic E-state index is 8.69. The van der Waals surface area contributed by atoms with E-state index in [1.807, 2.05) is 0 Å². The lowest BCUT2D eigenvalue weighted by molar-refractivity contribution is 0.0597. The summed E-state index contributed by atoms with van der Waals surface area (Å²) >= 11 is 0. The van der Waals surface area contributed by atoms with Crippen molar-refractivity contribution in [1.29, 1.82) is 0 Å². The Morgan fingerprint density at radius 1 is 1.33 bits per heavy atom. The van der Waals surface area contributed by atoms with Gasteiger partial charge >= 0.3 is 0 Å². The molecular weight excluding hydrogens is 226 g/mol. The summed E-state index contributed by atoms with van der Waals surface area (Å²) in [6, 6.07) is 9.29. The predicted octanol–water partition coefficient (Wildman–Crippen LogP) is 2.00. The molecule has 0 aromatic heterocycles. The van der Waals surface area contributed by atoms with E-state index < -0.39 is 0 Å². The summed E-state index contributed by atoms with van der Waals surface area (Å²) in [5, 5.41) is 8.69. The van der Waals surface area contributed by atoms with Gasteiger partial charge in [0.2, 0.25) is 0 Å². The van der Waals surface area contributed by atoms with Crippen LogP contribution in [0.15, 0.2) is 24.3 Å². The van der Waals surface area contributed by atoms with E-state index in [1.54, 1.807) is 0 Å². The van der Waals surface area contributed by atoms with Gasteiger partial charge in [-0.05, 0) is 24.0 Å². The van der Waals surface area contributed by atoms with Gasteiger partial charge in [-0.25, -0.2) is 0 Å². The normalized spacial score (nSPS) is 19.8. The Bertz CT molecular complexity index is 367. The van der Waals surface area contributed by atoms with Crippen LogP contribution in [0.1, 0.15) is 30.5 Å². The molecule has 1 aliphatic heterocycles. The third kappa shape index (κ3) is 3.10. The second kappa shape index (κ2) is 6.88. The van der Waals surface area contributed by atoms with E-state index in [2.05, 4.69) is 36.1 Å². The molecule has 0 bridgehead atoms. The van der Waals surface area contributed by atoms with Crippen molar-refractivity contribution in [3.05, 3.63) is 35.4 Å². The van der Waals surface area contributed by atoms with Gasteiger partial charge in [0.1, 0.15) is 0 Å². The molecule has 100 valence electrons. The molecule has 0 aliphatic carbocycles. The third-order valence-electron chi connectivity index (χ3n) is 3.67. The van der Waals surface area contributed by atoms with Crippen molar-refractivity contribution in [3.8, 4) is 0 Å². The summed E-state index contributed by atoms with van der Waals surface area (Å²) in [6.07, 6.45) is 2.27. The Hall–Kier alpha value is -0.900. The Morgan fingerprint density at radius 2 is 2.17 bits per heavy atom. The van der Waals surface area contributed by atoms with Gasteiger partial charge in [-0.1, -0.05) is 31.2 Å². The van der Waals surface area contributed by atoms with Crippen LogP contribution in [0, 0.1) is 0 Å². The lowest BCUT2D eigenvalue weighted by atomic mass is 9.91. The first kappa shape index (κ1) is 13.5. The SMILES string of the molecule is CCC1c2ccccc2CCN1CCOCCO. The summed E-state index contributed by atoms with van der Waals surface area (Å²) in [5.41, 5.74) is 2.98. The monoisotopic (exact) mass is 249 g/mol. The van der Waals surface area contributed by atoms with Gasteiger partial charge in [0.15, 0.2) is 0 Å². The fourth-order valence-corrected chi connectivity index (χ4v) is 2.80. The minimum Gasteiger partial charge on any atom is -0.394 e. The molecule has 3 heteroatoms. The highest BCUT2D eigenvalue weighted by molar-refractivity contribution is 5.32. The number of rotatable bonds is 6. The number of aliphatic hydroxyl groups excluding tert-OH is 1. The molecule has 1 aliphatic rings. The van der Waals surface area contributed by atoms with E-state index in [-0.39, 0.29) is 6.61 Å². The van der Waals surface area contributed by atoms with Crippen LogP contribution in [0.4, 0.5) is 0 Å². The van der Waals surface area contributed by atoms with E-state index in [9.17, 15) is 0 Å².